The van der Waals surface area contributed by atoms with Gasteiger partial charge in [-0.3, -0.25) is 4.98 Å². The summed E-state index contributed by atoms with van der Waals surface area (Å²) in [6.45, 7) is 15.2. The molecule has 2 rings (SSSR count). The van der Waals surface area contributed by atoms with Crippen molar-refractivity contribution in [3.63, 3.8) is 0 Å². The highest BCUT2D eigenvalue weighted by Gasteiger charge is 2.26. The number of anilines is 1. The molecule has 23 heavy (non-hydrogen) atoms. The second-order valence-corrected chi connectivity index (χ2v) is 8.14. The number of piperazine rings is 1. The van der Waals surface area contributed by atoms with Gasteiger partial charge in [-0.25, -0.2) is 4.79 Å². The van der Waals surface area contributed by atoms with Crippen LogP contribution in [0.25, 0.3) is 0 Å². The summed E-state index contributed by atoms with van der Waals surface area (Å²) in [7, 11) is 0. The first-order valence-electron chi connectivity index (χ1n) is 8.25. The van der Waals surface area contributed by atoms with Crippen molar-refractivity contribution in [2.24, 2.45) is 0 Å². The van der Waals surface area contributed by atoms with Crippen LogP contribution in [-0.2, 0) is 10.2 Å². The molecule has 1 aliphatic rings. The molecule has 0 N–H and O–H groups in total. The molecule has 0 aliphatic carbocycles. The lowest BCUT2D eigenvalue weighted by atomic mass is 9.88. The summed E-state index contributed by atoms with van der Waals surface area (Å²) in [4.78, 5) is 20.6. The Hall–Kier alpha value is -1.78. The third kappa shape index (κ3) is 4.85. The maximum Gasteiger partial charge on any atom is 0.410 e. The van der Waals surface area contributed by atoms with E-state index in [0.717, 1.165) is 18.8 Å². The predicted octanol–water partition coefficient (Wildman–Crippen LogP) is 3.44. The summed E-state index contributed by atoms with van der Waals surface area (Å²) in [5, 5.41) is 0. The molecule has 2 heterocycles. The first-order valence-corrected chi connectivity index (χ1v) is 8.25. The van der Waals surface area contributed by atoms with E-state index in [1.54, 1.807) is 4.90 Å². The number of hydrogen-bond donors (Lipinski definition) is 0. The van der Waals surface area contributed by atoms with Crippen LogP contribution in [0.4, 0.5) is 10.5 Å². The van der Waals surface area contributed by atoms with Crippen LogP contribution < -0.4 is 4.90 Å². The zero-order chi connectivity index (χ0) is 17.3. The Morgan fingerprint density at radius 2 is 1.65 bits per heavy atom. The number of aromatic nitrogens is 1. The smallest absolute Gasteiger partial charge is 0.410 e. The lowest BCUT2D eigenvalue weighted by molar-refractivity contribution is 0.0240. The van der Waals surface area contributed by atoms with Crippen molar-refractivity contribution < 1.29 is 9.53 Å². The van der Waals surface area contributed by atoms with E-state index in [1.807, 2.05) is 33.2 Å². The molecule has 1 aliphatic heterocycles. The van der Waals surface area contributed by atoms with Crippen LogP contribution in [-0.4, -0.2) is 47.8 Å². The fourth-order valence-electron chi connectivity index (χ4n) is 2.48. The maximum absolute atomic E-state index is 12.1. The molecule has 5 nitrogen and oxygen atoms in total. The topological polar surface area (TPSA) is 45.7 Å². The molecule has 0 saturated carbocycles. The highest BCUT2D eigenvalue weighted by Crippen LogP contribution is 2.26. The highest BCUT2D eigenvalue weighted by atomic mass is 16.6. The molecule has 1 aromatic rings. The molecular formula is C18H29N3O2. The van der Waals surface area contributed by atoms with Gasteiger partial charge >= 0.3 is 6.09 Å². The quantitative estimate of drug-likeness (QED) is 0.795. The Balaban J connectivity index is 1.98. The third-order valence-electron chi connectivity index (χ3n) is 3.89. The van der Waals surface area contributed by atoms with Gasteiger partial charge in [0.1, 0.15) is 5.60 Å². The Morgan fingerprint density at radius 1 is 1.04 bits per heavy atom. The average molecular weight is 319 g/mol. The van der Waals surface area contributed by atoms with Crippen LogP contribution in [0.1, 0.15) is 47.1 Å². The number of carbonyl (C=O) groups is 1. The normalized spacial score (nSPS) is 16.4. The first kappa shape index (κ1) is 17.6. The Kier molecular flexibility index (Phi) is 4.87. The first-order chi connectivity index (χ1) is 10.6. The SMILES string of the molecule is CC(C)(C)OC(=O)N1CCN(c2cncc(C(C)(C)C)c2)CC1. The second-order valence-electron chi connectivity index (χ2n) is 8.14. The van der Waals surface area contributed by atoms with Crippen LogP contribution in [0, 0.1) is 0 Å². The summed E-state index contributed by atoms with van der Waals surface area (Å²) in [5.74, 6) is 0. The van der Waals surface area contributed by atoms with E-state index in [4.69, 9.17) is 4.74 Å². The van der Waals surface area contributed by atoms with Gasteiger partial charge in [0.15, 0.2) is 0 Å². The third-order valence-corrected chi connectivity index (χ3v) is 3.89. The predicted molar refractivity (Wildman–Crippen MR) is 93.0 cm³/mol. The summed E-state index contributed by atoms with van der Waals surface area (Å²) in [6, 6.07) is 2.20. The fourth-order valence-corrected chi connectivity index (χ4v) is 2.48. The van der Waals surface area contributed by atoms with Gasteiger partial charge in [0.2, 0.25) is 0 Å². The van der Waals surface area contributed by atoms with Crippen molar-refractivity contribution in [2.75, 3.05) is 31.1 Å². The molecular weight excluding hydrogens is 290 g/mol. The standard InChI is InChI=1S/C18H29N3O2/c1-17(2,3)14-11-15(13-19-12-14)20-7-9-21(10-8-20)16(22)23-18(4,5)6/h11-13H,7-10H2,1-6H3. The molecule has 0 aromatic carbocycles. The molecule has 1 amide bonds. The van der Waals surface area contributed by atoms with Crippen molar-refractivity contribution >= 4 is 11.8 Å². The van der Waals surface area contributed by atoms with E-state index in [2.05, 4.69) is 36.7 Å². The molecule has 1 aromatic heterocycles. The van der Waals surface area contributed by atoms with Gasteiger partial charge in [-0.1, -0.05) is 20.8 Å². The van der Waals surface area contributed by atoms with E-state index < -0.39 is 5.60 Å². The number of hydrogen-bond acceptors (Lipinski definition) is 4. The minimum atomic E-state index is -0.445. The lowest BCUT2D eigenvalue weighted by Crippen LogP contribution is -2.50. The monoisotopic (exact) mass is 319 g/mol. The number of pyridine rings is 1. The van der Waals surface area contributed by atoms with Gasteiger partial charge in [-0.15, -0.1) is 0 Å². The molecule has 0 spiro atoms. The van der Waals surface area contributed by atoms with Crippen molar-refractivity contribution in [2.45, 2.75) is 52.6 Å². The van der Waals surface area contributed by atoms with E-state index in [-0.39, 0.29) is 11.5 Å². The van der Waals surface area contributed by atoms with Crippen molar-refractivity contribution in [3.05, 3.63) is 24.0 Å². The molecule has 0 radical (unpaired) electrons. The van der Waals surface area contributed by atoms with Crippen molar-refractivity contribution in [3.8, 4) is 0 Å². The summed E-state index contributed by atoms with van der Waals surface area (Å²) >= 11 is 0. The van der Waals surface area contributed by atoms with Gasteiger partial charge in [0.25, 0.3) is 0 Å². The van der Waals surface area contributed by atoms with Gasteiger partial charge in [-0.05, 0) is 37.8 Å². The second kappa shape index (κ2) is 6.38. The number of amides is 1. The maximum atomic E-state index is 12.1. The minimum Gasteiger partial charge on any atom is -0.444 e. The van der Waals surface area contributed by atoms with Crippen LogP contribution in [0.2, 0.25) is 0 Å². The van der Waals surface area contributed by atoms with Crippen LogP contribution in [0.5, 0.6) is 0 Å². The van der Waals surface area contributed by atoms with Gasteiger partial charge < -0.3 is 14.5 Å². The minimum absolute atomic E-state index is 0.0847. The number of ether oxygens (including phenoxy) is 1. The number of rotatable bonds is 1. The Labute approximate surface area is 139 Å². The summed E-state index contributed by atoms with van der Waals surface area (Å²) in [6.07, 6.45) is 3.61. The summed E-state index contributed by atoms with van der Waals surface area (Å²) in [5.41, 5.74) is 1.99. The van der Waals surface area contributed by atoms with Gasteiger partial charge in [0.05, 0.1) is 11.9 Å². The van der Waals surface area contributed by atoms with Crippen LogP contribution >= 0.6 is 0 Å². The molecule has 128 valence electrons. The van der Waals surface area contributed by atoms with E-state index in [1.165, 1.54) is 5.56 Å². The zero-order valence-corrected chi connectivity index (χ0v) is 15.2. The Morgan fingerprint density at radius 3 is 2.17 bits per heavy atom. The van der Waals surface area contributed by atoms with Crippen LogP contribution in [0.3, 0.4) is 0 Å². The molecule has 1 saturated heterocycles. The van der Waals surface area contributed by atoms with Gasteiger partial charge in [-0.2, -0.15) is 0 Å². The largest absolute Gasteiger partial charge is 0.444 e. The molecule has 5 heteroatoms. The van der Waals surface area contributed by atoms with E-state index in [0.29, 0.717) is 13.1 Å². The van der Waals surface area contributed by atoms with Crippen molar-refractivity contribution in [1.29, 1.82) is 0 Å². The molecule has 0 bridgehead atoms. The molecule has 1 fully saturated rings. The number of nitrogens with zero attached hydrogens (tertiary/aromatic N) is 3. The fraction of sp³-hybridized carbons (Fsp3) is 0.667. The Bertz CT molecular complexity index is 550. The van der Waals surface area contributed by atoms with Crippen LogP contribution in [0.15, 0.2) is 18.5 Å². The van der Waals surface area contributed by atoms with Gasteiger partial charge in [0, 0.05) is 32.4 Å². The average Bonchev–Trinajstić information content (AvgIpc) is 2.45. The molecule has 0 atom stereocenters. The van der Waals surface area contributed by atoms with E-state index in [9.17, 15) is 4.79 Å². The highest BCUT2D eigenvalue weighted by molar-refractivity contribution is 5.68. The zero-order valence-electron chi connectivity index (χ0n) is 15.2. The lowest BCUT2D eigenvalue weighted by Gasteiger charge is -2.37. The van der Waals surface area contributed by atoms with E-state index >= 15 is 0 Å². The summed E-state index contributed by atoms with van der Waals surface area (Å²) < 4.78 is 5.44. The van der Waals surface area contributed by atoms with Crippen molar-refractivity contribution in [1.82, 2.24) is 9.88 Å². The number of carbonyl (C=O) groups excluding carboxylic acids is 1. The molecule has 0 unspecified atom stereocenters.